The molecule has 134 valence electrons. The SMILES string of the molecule is Cc1ccc(OCC(=O)n2nc(C)c(Sc3ccc(C)cc3)c2C)cc1. The van der Waals surface area contributed by atoms with E-state index in [1.165, 1.54) is 10.2 Å². The van der Waals surface area contributed by atoms with Crippen LogP contribution in [0.2, 0.25) is 0 Å². The second-order valence-electron chi connectivity index (χ2n) is 6.32. The van der Waals surface area contributed by atoms with Crippen LogP contribution in [0.1, 0.15) is 27.3 Å². The molecule has 4 nitrogen and oxygen atoms in total. The van der Waals surface area contributed by atoms with Crippen LogP contribution in [0, 0.1) is 27.7 Å². The fourth-order valence-electron chi connectivity index (χ4n) is 2.58. The van der Waals surface area contributed by atoms with Crippen molar-refractivity contribution in [3.05, 3.63) is 71.0 Å². The lowest BCUT2D eigenvalue weighted by molar-refractivity contribution is 0.0818. The Balaban J connectivity index is 1.72. The molecule has 26 heavy (non-hydrogen) atoms. The normalized spacial score (nSPS) is 10.8. The quantitative estimate of drug-likeness (QED) is 0.638. The molecule has 0 radical (unpaired) electrons. The molecular formula is C21H22N2O2S. The zero-order valence-electron chi connectivity index (χ0n) is 15.4. The Morgan fingerprint density at radius 2 is 1.54 bits per heavy atom. The number of ether oxygens (including phenoxy) is 1. The first kappa shape index (κ1) is 18.3. The molecule has 0 saturated carbocycles. The molecule has 0 aliphatic carbocycles. The molecule has 0 atom stereocenters. The lowest BCUT2D eigenvalue weighted by atomic mass is 10.2. The van der Waals surface area contributed by atoms with Gasteiger partial charge in [0.1, 0.15) is 5.75 Å². The van der Waals surface area contributed by atoms with E-state index in [4.69, 9.17) is 4.74 Å². The number of aryl methyl sites for hydroxylation is 3. The maximum atomic E-state index is 12.5. The van der Waals surface area contributed by atoms with E-state index in [2.05, 4.69) is 36.3 Å². The first-order chi connectivity index (χ1) is 12.4. The predicted octanol–water partition coefficient (Wildman–Crippen LogP) is 4.99. The summed E-state index contributed by atoms with van der Waals surface area (Å²) in [6, 6.07) is 16.0. The fourth-order valence-corrected chi connectivity index (χ4v) is 3.51. The molecular weight excluding hydrogens is 344 g/mol. The third kappa shape index (κ3) is 4.17. The van der Waals surface area contributed by atoms with E-state index in [1.807, 2.05) is 45.0 Å². The number of carbonyl (C=O) groups excluding carboxylic acids is 1. The highest BCUT2D eigenvalue weighted by Crippen LogP contribution is 2.32. The van der Waals surface area contributed by atoms with Gasteiger partial charge < -0.3 is 4.74 Å². The van der Waals surface area contributed by atoms with Crippen LogP contribution in [-0.4, -0.2) is 22.3 Å². The molecule has 1 aromatic heterocycles. The van der Waals surface area contributed by atoms with Crippen LogP contribution < -0.4 is 4.74 Å². The summed E-state index contributed by atoms with van der Waals surface area (Å²) < 4.78 is 7.04. The summed E-state index contributed by atoms with van der Waals surface area (Å²) in [6.07, 6.45) is 0. The first-order valence-corrected chi connectivity index (χ1v) is 9.29. The highest BCUT2D eigenvalue weighted by Gasteiger charge is 2.18. The zero-order chi connectivity index (χ0) is 18.7. The van der Waals surface area contributed by atoms with Gasteiger partial charge in [-0.2, -0.15) is 5.10 Å². The van der Waals surface area contributed by atoms with Crippen molar-refractivity contribution in [3.8, 4) is 5.75 Å². The summed E-state index contributed by atoms with van der Waals surface area (Å²) >= 11 is 1.63. The van der Waals surface area contributed by atoms with Crippen molar-refractivity contribution in [2.24, 2.45) is 0 Å². The number of rotatable bonds is 5. The van der Waals surface area contributed by atoms with Gasteiger partial charge in [-0.3, -0.25) is 4.79 Å². The van der Waals surface area contributed by atoms with Crippen LogP contribution in [0.4, 0.5) is 0 Å². The molecule has 0 amide bonds. The molecule has 0 saturated heterocycles. The average molecular weight is 366 g/mol. The second-order valence-corrected chi connectivity index (χ2v) is 7.41. The number of hydrogen-bond donors (Lipinski definition) is 0. The van der Waals surface area contributed by atoms with Crippen LogP contribution >= 0.6 is 11.8 Å². The Morgan fingerprint density at radius 1 is 0.962 bits per heavy atom. The Labute approximate surface area is 158 Å². The number of benzene rings is 2. The largest absolute Gasteiger partial charge is 0.484 e. The Bertz CT molecular complexity index is 912. The lowest BCUT2D eigenvalue weighted by Gasteiger charge is -2.07. The maximum absolute atomic E-state index is 12.5. The van der Waals surface area contributed by atoms with Gasteiger partial charge in [-0.15, -0.1) is 0 Å². The van der Waals surface area contributed by atoms with Gasteiger partial charge in [0.05, 0.1) is 16.3 Å². The Morgan fingerprint density at radius 3 is 2.15 bits per heavy atom. The van der Waals surface area contributed by atoms with Crippen LogP contribution in [0.15, 0.2) is 58.3 Å². The Hall–Kier alpha value is -2.53. The van der Waals surface area contributed by atoms with Gasteiger partial charge in [-0.1, -0.05) is 47.2 Å². The van der Waals surface area contributed by atoms with Crippen molar-refractivity contribution in [1.82, 2.24) is 9.78 Å². The highest BCUT2D eigenvalue weighted by molar-refractivity contribution is 7.99. The molecule has 0 unspecified atom stereocenters. The van der Waals surface area contributed by atoms with Crippen molar-refractivity contribution in [2.45, 2.75) is 37.5 Å². The van der Waals surface area contributed by atoms with Gasteiger partial charge >= 0.3 is 0 Å². The lowest BCUT2D eigenvalue weighted by Crippen LogP contribution is -2.21. The van der Waals surface area contributed by atoms with Gasteiger partial charge in [0.15, 0.2) is 6.61 Å². The molecule has 0 fully saturated rings. The summed E-state index contributed by atoms with van der Waals surface area (Å²) in [5, 5.41) is 4.42. The predicted molar refractivity (Wildman–Crippen MR) is 104 cm³/mol. The van der Waals surface area contributed by atoms with E-state index in [0.717, 1.165) is 26.7 Å². The summed E-state index contributed by atoms with van der Waals surface area (Å²) in [5.74, 6) is 0.502. The number of hydrogen-bond acceptors (Lipinski definition) is 4. The van der Waals surface area contributed by atoms with E-state index in [0.29, 0.717) is 5.75 Å². The number of nitrogens with zero attached hydrogens (tertiary/aromatic N) is 2. The molecule has 0 spiro atoms. The van der Waals surface area contributed by atoms with Crippen molar-refractivity contribution >= 4 is 17.7 Å². The van der Waals surface area contributed by atoms with E-state index < -0.39 is 0 Å². The van der Waals surface area contributed by atoms with E-state index in [1.54, 1.807) is 11.8 Å². The third-order valence-electron chi connectivity index (χ3n) is 4.09. The standard InChI is InChI=1S/C21H22N2O2S/c1-14-5-9-18(10-6-14)25-13-20(24)23-17(4)21(16(3)22-23)26-19-11-7-15(2)8-12-19/h5-12H,13H2,1-4H3. The average Bonchev–Trinajstić information content (AvgIpc) is 2.91. The maximum Gasteiger partial charge on any atom is 0.285 e. The molecule has 3 rings (SSSR count). The molecule has 3 aromatic rings. The molecule has 2 aromatic carbocycles. The van der Waals surface area contributed by atoms with Crippen molar-refractivity contribution < 1.29 is 9.53 Å². The first-order valence-electron chi connectivity index (χ1n) is 8.47. The fraction of sp³-hybridized carbons (Fsp3) is 0.238. The summed E-state index contributed by atoms with van der Waals surface area (Å²) in [7, 11) is 0. The van der Waals surface area contributed by atoms with Gasteiger partial charge in [0, 0.05) is 4.90 Å². The topological polar surface area (TPSA) is 44.1 Å². The minimum atomic E-state index is -0.179. The molecule has 0 aliphatic heterocycles. The molecule has 0 N–H and O–H groups in total. The summed E-state index contributed by atoms with van der Waals surface area (Å²) in [6.45, 7) is 7.88. The van der Waals surface area contributed by atoms with Gasteiger partial charge in [0.2, 0.25) is 0 Å². The molecule has 0 aliphatic rings. The number of aromatic nitrogens is 2. The van der Waals surface area contributed by atoms with Gasteiger partial charge in [0.25, 0.3) is 5.91 Å². The minimum Gasteiger partial charge on any atom is -0.484 e. The van der Waals surface area contributed by atoms with E-state index >= 15 is 0 Å². The second kappa shape index (κ2) is 7.79. The summed E-state index contributed by atoms with van der Waals surface area (Å²) in [5.41, 5.74) is 4.06. The van der Waals surface area contributed by atoms with Crippen molar-refractivity contribution in [1.29, 1.82) is 0 Å². The monoisotopic (exact) mass is 366 g/mol. The smallest absolute Gasteiger partial charge is 0.285 e. The summed E-state index contributed by atoms with van der Waals surface area (Å²) in [4.78, 5) is 14.7. The van der Waals surface area contributed by atoms with Crippen LogP contribution in [0.25, 0.3) is 0 Å². The van der Waals surface area contributed by atoms with Crippen LogP contribution in [0.3, 0.4) is 0 Å². The minimum absolute atomic E-state index is 0.0420. The van der Waals surface area contributed by atoms with Crippen LogP contribution in [-0.2, 0) is 0 Å². The van der Waals surface area contributed by atoms with Crippen LogP contribution in [0.5, 0.6) is 5.75 Å². The zero-order valence-corrected chi connectivity index (χ0v) is 16.3. The van der Waals surface area contributed by atoms with Gasteiger partial charge in [-0.25, -0.2) is 4.68 Å². The van der Waals surface area contributed by atoms with Crippen molar-refractivity contribution in [3.63, 3.8) is 0 Å². The molecule has 1 heterocycles. The number of carbonyl (C=O) groups is 1. The molecule has 5 heteroatoms. The van der Waals surface area contributed by atoms with Crippen molar-refractivity contribution in [2.75, 3.05) is 6.61 Å². The molecule has 0 bridgehead atoms. The highest BCUT2D eigenvalue weighted by atomic mass is 32.2. The third-order valence-corrected chi connectivity index (χ3v) is 5.39. The van der Waals surface area contributed by atoms with E-state index in [9.17, 15) is 4.79 Å². The Kier molecular flexibility index (Phi) is 5.47. The van der Waals surface area contributed by atoms with Gasteiger partial charge in [-0.05, 0) is 52.0 Å². The van der Waals surface area contributed by atoms with E-state index in [-0.39, 0.29) is 12.5 Å².